The van der Waals surface area contributed by atoms with Crippen LogP contribution >= 0.6 is 0 Å². The summed E-state index contributed by atoms with van der Waals surface area (Å²) in [7, 11) is 0. The van der Waals surface area contributed by atoms with Crippen LogP contribution in [0.4, 0.5) is 14.5 Å². The van der Waals surface area contributed by atoms with Crippen molar-refractivity contribution in [1.82, 2.24) is 0 Å². The van der Waals surface area contributed by atoms with E-state index in [9.17, 15) is 13.6 Å². The monoisotopic (exact) mass is 911 g/mol. The third-order valence-electron chi connectivity index (χ3n) is 12.6. The van der Waals surface area contributed by atoms with Gasteiger partial charge in [-0.2, -0.15) is 0 Å². The molecular weight excluding hydrogens is 857 g/mol. The first-order valence-corrected chi connectivity index (χ1v) is 23.3. The number of amides is 1. The van der Waals surface area contributed by atoms with Crippen LogP contribution in [0.25, 0.3) is 6.08 Å². The number of nitrogens with zero attached hydrogens (tertiary/aromatic N) is 1. The number of allylic oxidation sites excluding steroid dienone is 1. The zero-order chi connectivity index (χ0) is 46.5. The zero-order valence-corrected chi connectivity index (χ0v) is 37.8. The standard InChI is InChI=1S/C59H55F2NO6/c60-49-30-26-42(27-31-49)22-13-23-52-55(62(59(52)63)51-34-32-50(61)33-35-51)48-28-24-43(25-29-48)36-53-56(65-38-45-16-7-2-8-17-45)58(67-40-47-20-11-4-12-21-47)57(66-39-46-18-9-3-10-19-46)54(68-53)41-64-37-44-14-5-1-6-15-44/h1-22,24-35,52-58H,23,36-41H2/b22-13+/t52-,53+,54-,55-,56+,57-,58-/m1/s1. The SMILES string of the molecule is O=C1[C@H](C/C=C/c2ccc(F)cc2)[C@@H](c2ccc(C[C@@H]3O[C@H](COCc4ccccc4)[C@@H](OCc4ccccc4)[C@H](OCc4ccccc4)[C@H]3OCc3ccccc3)cc2)N1c1ccc(F)cc1. The Kier molecular flexibility index (Phi) is 15.7. The molecule has 0 unspecified atom stereocenters. The summed E-state index contributed by atoms with van der Waals surface area (Å²) in [6.07, 6.45) is 2.17. The molecule has 0 N–H and O–H groups in total. The molecule has 68 heavy (non-hydrogen) atoms. The molecule has 9 heteroatoms. The Morgan fingerprint density at radius 2 is 0.971 bits per heavy atom. The van der Waals surface area contributed by atoms with E-state index in [2.05, 4.69) is 36.4 Å². The van der Waals surface area contributed by atoms with E-state index in [1.165, 1.54) is 24.3 Å². The molecule has 0 aliphatic carbocycles. The number of hydrogen-bond donors (Lipinski definition) is 0. The number of ether oxygens (including phenoxy) is 5. The molecule has 0 spiro atoms. The van der Waals surface area contributed by atoms with Gasteiger partial charge in [-0.25, -0.2) is 8.78 Å². The van der Waals surface area contributed by atoms with E-state index in [0.717, 1.165) is 38.9 Å². The normalized spacial score (nSPS) is 21.5. The third kappa shape index (κ3) is 11.9. The van der Waals surface area contributed by atoms with Gasteiger partial charge in [0.1, 0.15) is 36.1 Å². The number of β-lactam (4-membered cyclic amide) rings is 1. The second kappa shape index (κ2) is 22.9. The van der Waals surface area contributed by atoms with E-state index < -0.39 is 30.5 Å². The summed E-state index contributed by atoms with van der Waals surface area (Å²) in [5.74, 6) is -1.08. The van der Waals surface area contributed by atoms with Gasteiger partial charge >= 0.3 is 0 Å². The van der Waals surface area contributed by atoms with Crippen LogP contribution in [-0.4, -0.2) is 43.0 Å². The molecule has 2 aliphatic rings. The maximum Gasteiger partial charge on any atom is 0.233 e. The molecule has 0 saturated carbocycles. The van der Waals surface area contributed by atoms with Gasteiger partial charge in [0.2, 0.25) is 5.91 Å². The largest absolute Gasteiger partial charge is 0.374 e. The number of rotatable bonds is 20. The van der Waals surface area contributed by atoms with E-state index in [1.54, 1.807) is 29.2 Å². The smallest absolute Gasteiger partial charge is 0.233 e. The Morgan fingerprint density at radius 1 is 0.500 bits per heavy atom. The summed E-state index contributed by atoms with van der Waals surface area (Å²) in [5, 5.41) is 0. The molecule has 2 fully saturated rings. The lowest BCUT2D eigenvalue weighted by atomic mass is 9.79. The molecule has 2 heterocycles. The van der Waals surface area contributed by atoms with Gasteiger partial charge < -0.3 is 28.6 Å². The van der Waals surface area contributed by atoms with Crippen LogP contribution in [0.2, 0.25) is 0 Å². The molecule has 7 atom stereocenters. The Labute approximate surface area is 397 Å². The fourth-order valence-electron chi connectivity index (χ4n) is 9.11. The molecule has 7 aromatic carbocycles. The van der Waals surface area contributed by atoms with Crippen LogP contribution in [0.1, 0.15) is 51.4 Å². The first-order valence-electron chi connectivity index (χ1n) is 23.3. The number of carbonyl (C=O) groups is 1. The molecule has 1 amide bonds. The van der Waals surface area contributed by atoms with Crippen molar-refractivity contribution < 1.29 is 37.3 Å². The van der Waals surface area contributed by atoms with Crippen molar-refractivity contribution in [3.8, 4) is 0 Å². The molecule has 0 bridgehead atoms. The van der Waals surface area contributed by atoms with Gasteiger partial charge in [-0.3, -0.25) is 4.79 Å². The summed E-state index contributed by atoms with van der Waals surface area (Å²) in [4.78, 5) is 15.6. The highest BCUT2D eigenvalue weighted by molar-refractivity contribution is 6.03. The number of halogens is 2. The minimum absolute atomic E-state index is 0.0467. The minimum atomic E-state index is -0.559. The number of hydrogen-bond acceptors (Lipinski definition) is 6. The number of benzene rings is 7. The van der Waals surface area contributed by atoms with Crippen LogP contribution < -0.4 is 4.90 Å². The van der Waals surface area contributed by atoms with E-state index >= 15 is 0 Å². The van der Waals surface area contributed by atoms with Crippen molar-refractivity contribution >= 4 is 17.7 Å². The Morgan fingerprint density at radius 3 is 1.50 bits per heavy atom. The van der Waals surface area contributed by atoms with Gasteiger partial charge in [0.15, 0.2) is 0 Å². The summed E-state index contributed by atoms with van der Waals surface area (Å²) >= 11 is 0. The predicted octanol–water partition coefficient (Wildman–Crippen LogP) is 12.1. The van der Waals surface area contributed by atoms with E-state index in [1.807, 2.05) is 121 Å². The number of anilines is 1. The second-order valence-electron chi connectivity index (χ2n) is 17.4. The Bertz CT molecular complexity index is 2650. The molecule has 7 aromatic rings. The third-order valence-corrected chi connectivity index (χ3v) is 12.6. The second-order valence-corrected chi connectivity index (χ2v) is 17.4. The van der Waals surface area contributed by atoms with Crippen molar-refractivity contribution in [3.05, 3.63) is 251 Å². The van der Waals surface area contributed by atoms with Gasteiger partial charge in [0.25, 0.3) is 0 Å². The predicted molar refractivity (Wildman–Crippen MR) is 260 cm³/mol. The van der Waals surface area contributed by atoms with Crippen LogP contribution in [0.15, 0.2) is 200 Å². The van der Waals surface area contributed by atoms with Crippen molar-refractivity contribution in [3.63, 3.8) is 0 Å². The van der Waals surface area contributed by atoms with Gasteiger partial charge in [-0.1, -0.05) is 170 Å². The van der Waals surface area contributed by atoms with E-state index in [0.29, 0.717) is 45.0 Å². The molecular formula is C59H55F2NO6. The zero-order valence-electron chi connectivity index (χ0n) is 37.8. The van der Waals surface area contributed by atoms with Crippen LogP contribution in [0, 0.1) is 17.6 Å². The lowest BCUT2D eigenvalue weighted by Gasteiger charge is -2.47. The summed E-state index contributed by atoms with van der Waals surface area (Å²) < 4.78 is 62.1. The van der Waals surface area contributed by atoms with Crippen LogP contribution in [-0.2, 0) is 61.3 Å². The maximum atomic E-state index is 14.1. The summed E-state index contributed by atoms with van der Waals surface area (Å²) in [6.45, 7) is 1.68. The fourth-order valence-corrected chi connectivity index (χ4v) is 9.11. The Hall–Kier alpha value is -6.59. The van der Waals surface area contributed by atoms with Crippen molar-refractivity contribution in [1.29, 1.82) is 0 Å². The minimum Gasteiger partial charge on any atom is -0.374 e. The first-order chi connectivity index (χ1) is 33.4. The fraction of sp³-hybridized carbons (Fsp3) is 0.237. The van der Waals surface area contributed by atoms with Gasteiger partial charge in [-0.15, -0.1) is 0 Å². The lowest BCUT2D eigenvalue weighted by molar-refractivity contribution is -0.272. The molecule has 2 saturated heterocycles. The number of carbonyl (C=O) groups excluding carboxylic acids is 1. The molecule has 346 valence electrons. The molecule has 0 aromatic heterocycles. The maximum absolute atomic E-state index is 14.1. The quantitative estimate of drug-likeness (QED) is 0.0710. The highest BCUT2D eigenvalue weighted by Gasteiger charge is 2.50. The van der Waals surface area contributed by atoms with Crippen molar-refractivity contribution in [2.24, 2.45) is 5.92 Å². The van der Waals surface area contributed by atoms with E-state index in [4.69, 9.17) is 23.7 Å². The van der Waals surface area contributed by atoms with Crippen molar-refractivity contribution in [2.75, 3.05) is 11.5 Å². The summed E-state index contributed by atoms with van der Waals surface area (Å²) in [6, 6.07) is 60.7. The molecule has 7 nitrogen and oxygen atoms in total. The topological polar surface area (TPSA) is 66.5 Å². The molecule has 2 aliphatic heterocycles. The summed E-state index contributed by atoms with van der Waals surface area (Å²) in [5.41, 5.74) is 7.56. The average Bonchev–Trinajstić information content (AvgIpc) is 3.38. The lowest BCUT2D eigenvalue weighted by Crippen LogP contribution is -2.61. The van der Waals surface area contributed by atoms with Crippen LogP contribution in [0.3, 0.4) is 0 Å². The highest BCUT2D eigenvalue weighted by atomic mass is 19.1. The molecule has 0 radical (unpaired) electrons. The van der Waals surface area contributed by atoms with Gasteiger partial charge in [0.05, 0.1) is 51.1 Å². The van der Waals surface area contributed by atoms with Gasteiger partial charge in [0, 0.05) is 12.1 Å². The van der Waals surface area contributed by atoms with Gasteiger partial charge in [-0.05, 0) is 81.8 Å². The Balaban J connectivity index is 1.01. The van der Waals surface area contributed by atoms with E-state index in [-0.39, 0.29) is 36.1 Å². The first kappa shape index (κ1) is 46.5. The van der Waals surface area contributed by atoms with Crippen LogP contribution in [0.5, 0.6) is 0 Å². The average molecular weight is 912 g/mol. The highest BCUT2D eigenvalue weighted by Crippen LogP contribution is 2.45. The molecule has 9 rings (SSSR count). The van der Waals surface area contributed by atoms with Crippen molar-refractivity contribution in [2.45, 2.75) is 75.8 Å².